The molecule has 0 radical (unpaired) electrons. The maximum absolute atomic E-state index is 9.41. The van der Waals surface area contributed by atoms with Gasteiger partial charge in [0.2, 0.25) is 0 Å². The van der Waals surface area contributed by atoms with E-state index in [9.17, 15) is 5.11 Å². The van der Waals surface area contributed by atoms with Gasteiger partial charge in [-0.1, -0.05) is 35.5 Å². The van der Waals surface area contributed by atoms with E-state index in [0.717, 1.165) is 10.5 Å². The predicted molar refractivity (Wildman–Crippen MR) is 77.1 cm³/mol. The first kappa shape index (κ1) is 13.2. The lowest BCUT2D eigenvalue weighted by molar-refractivity contribution is 0.279. The van der Waals surface area contributed by atoms with Crippen LogP contribution in [0.1, 0.15) is 22.3 Å². The monoisotopic (exact) mass is 258 g/mol. The van der Waals surface area contributed by atoms with Crippen molar-refractivity contribution in [3.05, 3.63) is 58.7 Å². The van der Waals surface area contributed by atoms with Gasteiger partial charge in [-0.3, -0.25) is 0 Å². The van der Waals surface area contributed by atoms with Crippen LogP contribution in [-0.2, 0) is 6.61 Å². The lowest BCUT2D eigenvalue weighted by atomic mass is 10.1. The number of aryl methyl sites for hydroxylation is 3. The van der Waals surface area contributed by atoms with Crippen LogP contribution in [0.15, 0.2) is 46.2 Å². The van der Waals surface area contributed by atoms with Crippen LogP contribution in [0.4, 0.5) is 0 Å². The standard InChI is InChI=1S/C16H18OS/c1-11-4-7-16(14(8-11)10-17)18-15-6-5-12(2)13(3)9-15/h4-9,17H,10H2,1-3H3. The van der Waals surface area contributed by atoms with Gasteiger partial charge in [0.15, 0.2) is 0 Å². The van der Waals surface area contributed by atoms with Crippen LogP contribution in [0.25, 0.3) is 0 Å². The van der Waals surface area contributed by atoms with E-state index in [1.807, 2.05) is 13.0 Å². The summed E-state index contributed by atoms with van der Waals surface area (Å²) in [7, 11) is 0. The first-order chi connectivity index (χ1) is 8.60. The van der Waals surface area contributed by atoms with Crippen molar-refractivity contribution in [2.45, 2.75) is 37.2 Å². The second-order valence-electron chi connectivity index (χ2n) is 4.62. The average Bonchev–Trinajstić information content (AvgIpc) is 2.36. The molecule has 0 saturated carbocycles. The maximum Gasteiger partial charge on any atom is 0.0692 e. The minimum Gasteiger partial charge on any atom is -0.392 e. The van der Waals surface area contributed by atoms with Gasteiger partial charge in [-0.2, -0.15) is 0 Å². The number of benzene rings is 2. The molecule has 0 heterocycles. The summed E-state index contributed by atoms with van der Waals surface area (Å²) in [4.78, 5) is 2.35. The van der Waals surface area contributed by atoms with Crippen molar-refractivity contribution in [3.63, 3.8) is 0 Å². The number of hydrogen-bond acceptors (Lipinski definition) is 2. The summed E-state index contributed by atoms with van der Waals surface area (Å²) in [6.07, 6.45) is 0. The summed E-state index contributed by atoms with van der Waals surface area (Å²) in [6.45, 7) is 6.38. The van der Waals surface area contributed by atoms with Crippen LogP contribution in [0.3, 0.4) is 0 Å². The molecule has 0 bridgehead atoms. The Bertz CT molecular complexity index is 561. The Morgan fingerprint density at radius 3 is 2.39 bits per heavy atom. The third kappa shape index (κ3) is 2.95. The topological polar surface area (TPSA) is 20.2 Å². The predicted octanol–water partition coefficient (Wildman–Crippen LogP) is 4.26. The van der Waals surface area contributed by atoms with Gasteiger partial charge in [0.05, 0.1) is 6.61 Å². The highest BCUT2D eigenvalue weighted by Gasteiger charge is 2.05. The van der Waals surface area contributed by atoms with Crippen LogP contribution < -0.4 is 0 Å². The van der Waals surface area contributed by atoms with E-state index >= 15 is 0 Å². The van der Waals surface area contributed by atoms with E-state index < -0.39 is 0 Å². The van der Waals surface area contributed by atoms with Crippen molar-refractivity contribution in [2.24, 2.45) is 0 Å². The lowest BCUT2D eigenvalue weighted by Crippen LogP contribution is -1.89. The van der Waals surface area contributed by atoms with Gasteiger partial charge in [0.1, 0.15) is 0 Å². The van der Waals surface area contributed by atoms with Gasteiger partial charge in [0, 0.05) is 9.79 Å². The van der Waals surface area contributed by atoms with Crippen LogP contribution >= 0.6 is 11.8 Å². The fourth-order valence-electron chi connectivity index (χ4n) is 1.84. The molecule has 0 spiro atoms. The SMILES string of the molecule is Cc1ccc(Sc2ccc(C)c(C)c2)c(CO)c1. The van der Waals surface area contributed by atoms with E-state index in [1.54, 1.807) is 11.8 Å². The van der Waals surface area contributed by atoms with Crippen LogP contribution in [0, 0.1) is 20.8 Å². The van der Waals surface area contributed by atoms with Crippen molar-refractivity contribution < 1.29 is 5.11 Å². The van der Waals surface area contributed by atoms with E-state index in [2.05, 4.69) is 44.2 Å². The summed E-state index contributed by atoms with van der Waals surface area (Å²) in [5.74, 6) is 0. The molecular weight excluding hydrogens is 240 g/mol. The zero-order chi connectivity index (χ0) is 13.1. The van der Waals surface area contributed by atoms with Crippen molar-refractivity contribution in [1.29, 1.82) is 0 Å². The smallest absolute Gasteiger partial charge is 0.0692 e. The molecule has 0 amide bonds. The highest BCUT2D eigenvalue weighted by atomic mass is 32.2. The van der Waals surface area contributed by atoms with Crippen LogP contribution in [0.2, 0.25) is 0 Å². The molecule has 2 aromatic carbocycles. The third-order valence-corrected chi connectivity index (χ3v) is 4.20. The summed E-state index contributed by atoms with van der Waals surface area (Å²) in [5, 5.41) is 9.41. The normalized spacial score (nSPS) is 10.7. The van der Waals surface area contributed by atoms with E-state index in [4.69, 9.17) is 0 Å². The molecular formula is C16H18OS. The highest BCUT2D eigenvalue weighted by Crippen LogP contribution is 2.32. The average molecular weight is 258 g/mol. The molecule has 0 atom stereocenters. The lowest BCUT2D eigenvalue weighted by Gasteiger charge is -2.09. The Morgan fingerprint density at radius 1 is 0.944 bits per heavy atom. The van der Waals surface area contributed by atoms with Gasteiger partial charge in [0.25, 0.3) is 0 Å². The van der Waals surface area contributed by atoms with E-state index in [-0.39, 0.29) is 6.61 Å². The van der Waals surface area contributed by atoms with Crippen LogP contribution in [0.5, 0.6) is 0 Å². The fourth-order valence-corrected chi connectivity index (χ4v) is 2.85. The molecule has 18 heavy (non-hydrogen) atoms. The molecule has 0 aliphatic heterocycles. The molecule has 2 heteroatoms. The number of aliphatic hydroxyl groups excluding tert-OH is 1. The Hall–Kier alpha value is -1.25. The molecule has 1 N–H and O–H groups in total. The molecule has 0 fully saturated rings. The maximum atomic E-state index is 9.41. The summed E-state index contributed by atoms with van der Waals surface area (Å²) in [6, 6.07) is 12.7. The van der Waals surface area contributed by atoms with Crippen molar-refractivity contribution in [1.82, 2.24) is 0 Å². The molecule has 1 nitrogen and oxygen atoms in total. The molecule has 0 unspecified atom stereocenters. The molecule has 0 saturated heterocycles. The number of hydrogen-bond donors (Lipinski definition) is 1. The van der Waals surface area contributed by atoms with E-state index in [1.165, 1.54) is 21.6 Å². The minimum absolute atomic E-state index is 0.0921. The molecule has 2 rings (SSSR count). The molecule has 0 aliphatic carbocycles. The first-order valence-corrected chi connectivity index (χ1v) is 6.87. The van der Waals surface area contributed by atoms with Gasteiger partial charge in [-0.05, 0) is 55.7 Å². The third-order valence-electron chi connectivity index (χ3n) is 3.09. The Labute approximate surface area is 113 Å². The minimum atomic E-state index is 0.0921. The Morgan fingerprint density at radius 2 is 1.72 bits per heavy atom. The van der Waals surface area contributed by atoms with Crippen molar-refractivity contribution >= 4 is 11.8 Å². The summed E-state index contributed by atoms with van der Waals surface area (Å²) >= 11 is 1.71. The Balaban J connectivity index is 2.30. The van der Waals surface area contributed by atoms with Crippen molar-refractivity contribution in [2.75, 3.05) is 0 Å². The summed E-state index contributed by atoms with van der Waals surface area (Å²) < 4.78 is 0. The van der Waals surface area contributed by atoms with Gasteiger partial charge in [-0.15, -0.1) is 0 Å². The second-order valence-corrected chi connectivity index (χ2v) is 5.73. The molecule has 2 aromatic rings. The second kappa shape index (κ2) is 5.59. The van der Waals surface area contributed by atoms with Gasteiger partial charge < -0.3 is 5.11 Å². The zero-order valence-corrected chi connectivity index (χ0v) is 11.8. The summed E-state index contributed by atoms with van der Waals surface area (Å²) in [5.41, 5.74) is 4.80. The van der Waals surface area contributed by atoms with E-state index in [0.29, 0.717) is 0 Å². The fraction of sp³-hybridized carbons (Fsp3) is 0.250. The molecule has 94 valence electrons. The number of rotatable bonds is 3. The van der Waals surface area contributed by atoms with Gasteiger partial charge >= 0.3 is 0 Å². The quantitative estimate of drug-likeness (QED) is 0.888. The van der Waals surface area contributed by atoms with Gasteiger partial charge in [-0.25, -0.2) is 0 Å². The Kier molecular flexibility index (Phi) is 4.10. The van der Waals surface area contributed by atoms with Crippen molar-refractivity contribution in [3.8, 4) is 0 Å². The number of aliphatic hydroxyl groups is 1. The molecule has 0 aliphatic rings. The van der Waals surface area contributed by atoms with Crippen LogP contribution in [-0.4, -0.2) is 5.11 Å². The highest BCUT2D eigenvalue weighted by molar-refractivity contribution is 7.99. The largest absolute Gasteiger partial charge is 0.392 e. The molecule has 0 aromatic heterocycles. The zero-order valence-electron chi connectivity index (χ0n) is 11.0. The first-order valence-electron chi connectivity index (χ1n) is 6.05.